The Labute approximate surface area is 127 Å². The van der Waals surface area contributed by atoms with Crippen molar-refractivity contribution >= 4 is 22.1 Å². The average Bonchev–Trinajstić information content (AvgIpc) is 2.92. The van der Waals surface area contributed by atoms with E-state index >= 15 is 0 Å². The predicted molar refractivity (Wildman–Crippen MR) is 87.7 cm³/mol. The number of nitrogens with one attached hydrogen (secondary N) is 1. The summed E-state index contributed by atoms with van der Waals surface area (Å²) in [6, 6.07) is 10.5. The van der Waals surface area contributed by atoms with Gasteiger partial charge in [0.1, 0.15) is 0 Å². The maximum atomic E-state index is 11.4. The van der Waals surface area contributed by atoms with Crippen LogP contribution in [0.4, 0.5) is 0 Å². The molecular weight excluding hydrogens is 286 g/mol. The Morgan fingerprint density at radius 1 is 1.25 bits per heavy atom. The molecule has 0 saturated carbocycles. The highest BCUT2D eigenvalue weighted by molar-refractivity contribution is 7.84. The van der Waals surface area contributed by atoms with Gasteiger partial charge >= 0.3 is 0 Å². The Bertz CT molecular complexity index is 574. The van der Waals surface area contributed by atoms with E-state index < -0.39 is 10.8 Å². The van der Waals surface area contributed by atoms with E-state index in [9.17, 15) is 4.21 Å². The molecule has 2 rings (SSSR count). The third kappa shape index (κ3) is 3.78. The van der Waals surface area contributed by atoms with E-state index in [0.717, 1.165) is 17.9 Å². The molecule has 0 bridgehead atoms. The minimum absolute atomic E-state index is 0.293. The summed E-state index contributed by atoms with van der Waals surface area (Å²) in [5.41, 5.74) is 2.67. The van der Waals surface area contributed by atoms with Crippen LogP contribution in [0.1, 0.15) is 35.9 Å². The Hall–Kier alpha value is -0.970. The zero-order valence-electron chi connectivity index (χ0n) is 12.2. The highest BCUT2D eigenvalue weighted by Gasteiger charge is 2.08. The smallest absolute Gasteiger partial charge is 0.0498 e. The second kappa shape index (κ2) is 7.16. The summed E-state index contributed by atoms with van der Waals surface area (Å²) < 4.78 is 11.4. The van der Waals surface area contributed by atoms with Gasteiger partial charge < -0.3 is 5.32 Å². The van der Waals surface area contributed by atoms with E-state index in [4.69, 9.17) is 0 Å². The molecule has 0 aliphatic carbocycles. The van der Waals surface area contributed by atoms with Gasteiger partial charge in [-0.25, -0.2) is 0 Å². The maximum absolute atomic E-state index is 11.4. The summed E-state index contributed by atoms with van der Waals surface area (Å²) in [4.78, 5) is 2.30. The van der Waals surface area contributed by atoms with Gasteiger partial charge in [-0.1, -0.05) is 19.1 Å². The first-order chi connectivity index (χ1) is 9.61. The Balaban J connectivity index is 1.98. The molecule has 0 saturated heterocycles. The molecule has 1 heterocycles. The third-order valence-corrected chi connectivity index (χ3v) is 5.40. The van der Waals surface area contributed by atoms with Gasteiger partial charge in [0.05, 0.1) is 0 Å². The van der Waals surface area contributed by atoms with Gasteiger partial charge in [-0.05, 0) is 48.1 Å². The molecule has 2 nitrogen and oxygen atoms in total. The van der Waals surface area contributed by atoms with Crippen LogP contribution in [0.15, 0.2) is 40.6 Å². The van der Waals surface area contributed by atoms with Crippen LogP contribution < -0.4 is 5.32 Å². The van der Waals surface area contributed by atoms with Crippen molar-refractivity contribution in [1.82, 2.24) is 5.32 Å². The summed E-state index contributed by atoms with van der Waals surface area (Å²) in [6.07, 6.45) is 2.80. The normalized spacial score (nSPS) is 14.2. The lowest BCUT2D eigenvalue weighted by Gasteiger charge is -2.14. The molecule has 0 spiro atoms. The molecule has 1 N–H and O–H groups in total. The minimum Gasteiger partial charge on any atom is -0.305 e. The molecule has 0 fully saturated rings. The van der Waals surface area contributed by atoms with Crippen LogP contribution in [-0.4, -0.2) is 10.5 Å². The Morgan fingerprint density at radius 2 is 1.95 bits per heavy atom. The number of hydrogen-bond acceptors (Lipinski definition) is 3. The molecule has 20 heavy (non-hydrogen) atoms. The summed E-state index contributed by atoms with van der Waals surface area (Å²) >= 11 is 1.81. The van der Waals surface area contributed by atoms with Gasteiger partial charge in [0.2, 0.25) is 0 Å². The van der Waals surface area contributed by atoms with Gasteiger partial charge in [0.15, 0.2) is 0 Å². The molecule has 0 aliphatic heterocycles. The lowest BCUT2D eigenvalue weighted by molar-refractivity contribution is 0.576. The monoisotopic (exact) mass is 307 g/mol. The molecular formula is C16H21NOS2. The average molecular weight is 307 g/mol. The number of rotatable bonds is 6. The molecule has 0 aliphatic rings. The van der Waals surface area contributed by atoms with E-state index in [1.165, 1.54) is 16.0 Å². The molecule has 2 atom stereocenters. The van der Waals surface area contributed by atoms with Gasteiger partial charge in [-0.15, -0.1) is 11.3 Å². The van der Waals surface area contributed by atoms with Crippen molar-refractivity contribution in [2.75, 3.05) is 6.26 Å². The second-order valence-electron chi connectivity index (χ2n) is 4.85. The summed E-state index contributed by atoms with van der Waals surface area (Å²) in [5, 5.41) is 5.72. The van der Waals surface area contributed by atoms with E-state index in [1.54, 1.807) is 6.26 Å². The van der Waals surface area contributed by atoms with Crippen molar-refractivity contribution < 1.29 is 4.21 Å². The fraction of sp³-hybridized carbons (Fsp3) is 0.375. The zero-order chi connectivity index (χ0) is 14.5. The molecule has 0 unspecified atom stereocenters. The largest absolute Gasteiger partial charge is 0.305 e. The number of aryl methyl sites for hydroxylation is 1. The van der Waals surface area contributed by atoms with E-state index in [-0.39, 0.29) is 0 Å². The highest BCUT2D eigenvalue weighted by atomic mass is 32.2. The Kier molecular flexibility index (Phi) is 5.52. The van der Waals surface area contributed by atoms with Crippen LogP contribution in [0.5, 0.6) is 0 Å². The van der Waals surface area contributed by atoms with Crippen molar-refractivity contribution in [2.24, 2.45) is 0 Å². The van der Waals surface area contributed by atoms with Crippen LogP contribution in [-0.2, 0) is 23.8 Å². The first-order valence-corrected chi connectivity index (χ1v) is 9.27. The molecule has 108 valence electrons. The van der Waals surface area contributed by atoms with Crippen molar-refractivity contribution in [1.29, 1.82) is 0 Å². The first kappa shape index (κ1) is 15.4. The van der Waals surface area contributed by atoms with Gasteiger partial charge in [-0.3, -0.25) is 4.21 Å². The summed E-state index contributed by atoms with van der Waals surface area (Å²) in [6.45, 7) is 5.26. The van der Waals surface area contributed by atoms with Gasteiger partial charge in [0, 0.05) is 39.4 Å². The summed E-state index contributed by atoms with van der Waals surface area (Å²) in [5.74, 6) is 0. The van der Waals surface area contributed by atoms with Crippen molar-refractivity contribution in [3.63, 3.8) is 0 Å². The lowest BCUT2D eigenvalue weighted by atomic mass is 10.1. The third-order valence-electron chi connectivity index (χ3n) is 3.50. The van der Waals surface area contributed by atoms with Crippen molar-refractivity contribution in [3.8, 4) is 0 Å². The van der Waals surface area contributed by atoms with Crippen molar-refractivity contribution in [2.45, 2.75) is 37.8 Å². The molecule has 2 aromatic rings. The van der Waals surface area contributed by atoms with Crippen LogP contribution in [0, 0.1) is 0 Å². The fourth-order valence-electron chi connectivity index (χ4n) is 2.15. The van der Waals surface area contributed by atoms with Crippen LogP contribution >= 0.6 is 11.3 Å². The second-order valence-corrected chi connectivity index (χ2v) is 7.23. The topological polar surface area (TPSA) is 29.1 Å². The SMILES string of the molecule is CCc1ccsc1CN[C@@H](C)c1ccc([S@](C)=O)cc1. The van der Waals surface area contributed by atoms with Gasteiger partial charge in [-0.2, -0.15) is 0 Å². The number of thiophene rings is 1. The van der Waals surface area contributed by atoms with Crippen molar-refractivity contribution in [3.05, 3.63) is 51.7 Å². The van der Waals surface area contributed by atoms with Gasteiger partial charge in [0.25, 0.3) is 0 Å². The minimum atomic E-state index is -0.902. The maximum Gasteiger partial charge on any atom is 0.0498 e. The Morgan fingerprint density at radius 3 is 2.55 bits per heavy atom. The van der Waals surface area contributed by atoms with E-state index in [1.807, 2.05) is 23.5 Å². The van der Waals surface area contributed by atoms with Crippen LogP contribution in [0.3, 0.4) is 0 Å². The van der Waals surface area contributed by atoms with Crippen LogP contribution in [0.2, 0.25) is 0 Å². The summed E-state index contributed by atoms with van der Waals surface area (Å²) in [7, 11) is -0.902. The fourth-order valence-corrected chi connectivity index (χ4v) is 3.60. The standard InChI is InChI=1S/C16H21NOS2/c1-4-13-9-10-19-16(13)11-17-12(2)14-5-7-15(8-6-14)20(3)18/h5-10,12,17H,4,11H2,1-3H3/t12-,20-/m0/s1. The molecule has 1 aromatic carbocycles. The van der Waals surface area contributed by atoms with E-state index in [0.29, 0.717) is 6.04 Å². The number of benzene rings is 1. The highest BCUT2D eigenvalue weighted by Crippen LogP contribution is 2.20. The molecule has 1 aromatic heterocycles. The molecule has 0 radical (unpaired) electrons. The van der Waals surface area contributed by atoms with E-state index in [2.05, 4.69) is 42.7 Å². The molecule has 4 heteroatoms. The molecule has 0 amide bonds. The number of hydrogen-bond donors (Lipinski definition) is 1. The predicted octanol–water partition coefficient (Wildman–Crippen LogP) is 3.90. The van der Waals surface area contributed by atoms with Crippen LogP contribution in [0.25, 0.3) is 0 Å². The quantitative estimate of drug-likeness (QED) is 0.877. The zero-order valence-corrected chi connectivity index (χ0v) is 13.8. The first-order valence-electron chi connectivity index (χ1n) is 6.83. The lowest BCUT2D eigenvalue weighted by Crippen LogP contribution is -2.18.